The Hall–Kier alpha value is -2.88. The maximum atomic E-state index is 12.6. The van der Waals surface area contributed by atoms with Crippen molar-refractivity contribution in [3.8, 4) is 0 Å². The molecular weight excluding hydrogens is 328 g/mol. The fourth-order valence-electron chi connectivity index (χ4n) is 3.62. The highest BCUT2D eigenvalue weighted by molar-refractivity contribution is 6.23. The molecule has 4 rings (SSSR count). The SMILES string of the molecule is O=C1OC(CCc2ccccc2)C(=O)C1=C(O)[C@@H]1CC1c1ccccc1. The van der Waals surface area contributed by atoms with E-state index in [-0.39, 0.29) is 29.0 Å². The molecular formula is C22H20O4. The fraction of sp³-hybridized carbons (Fsp3) is 0.273. The smallest absolute Gasteiger partial charge is 0.346 e. The minimum Gasteiger partial charge on any atom is -0.511 e. The minimum absolute atomic E-state index is 0.101. The van der Waals surface area contributed by atoms with Crippen LogP contribution in [0.4, 0.5) is 0 Å². The maximum Gasteiger partial charge on any atom is 0.346 e. The Balaban J connectivity index is 1.46. The van der Waals surface area contributed by atoms with Crippen molar-refractivity contribution >= 4 is 11.8 Å². The number of aryl methyl sites for hydroxylation is 1. The minimum atomic E-state index is -0.797. The molecule has 4 heteroatoms. The summed E-state index contributed by atoms with van der Waals surface area (Å²) in [6.45, 7) is 0. The lowest BCUT2D eigenvalue weighted by molar-refractivity contribution is -0.141. The summed E-state index contributed by atoms with van der Waals surface area (Å²) >= 11 is 0. The van der Waals surface area contributed by atoms with Gasteiger partial charge in [-0.2, -0.15) is 0 Å². The predicted octanol–water partition coefficient (Wildman–Crippen LogP) is 3.73. The van der Waals surface area contributed by atoms with Crippen LogP contribution >= 0.6 is 0 Å². The van der Waals surface area contributed by atoms with Gasteiger partial charge in [-0.05, 0) is 36.3 Å². The molecule has 2 aliphatic rings. The van der Waals surface area contributed by atoms with Gasteiger partial charge in [0, 0.05) is 5.92 Å². The molecule has 0 amide bonds. The number of ether oxygens (including phenoxy) is 1. The molecule has 2 aromatic rings. The zero-order chi connectivity index (χ0) is 18.1. The van der Waals surface area contributed by atoms with Crippen molar-refractivity contribution in [1.82, 2.24) is 0 Å². The number of hydrogen-bond donors (Lipinski definition) is 1. The first-order valence-corrected chi connectivity index (χ1v) is 8.92. The lowest BCUT2D eigenvalue weighted by Gasteiger charge is -2.06. The number of Topliss-reactive ketones (excluding diaryl/α,β-unsaturated/α-hetero) is 1. The second-order valence-electron chi connectivity index (χ2n) is 6.90. The number of carbonyl (C=O) groups is 2. The van der Waals surface area contributed by atoms with E-state index < -0.39 is 12.1 Å². The number of hydrogen-bond acceptors (Lipinski definition) is 4. The molecule has 4 nitrogen and oxygen atoms in total. The highest BCUT2D eigenvalue weighted by atomic mass is 16.6. The molecule has 0 bridgehead atoms. The van der Waals surface area contributed by atoms with Crippen LogP contribution in [0.15, 0.2) is 72.0 Å². The molecule has 0 spiro atoms. The van der Waals surface area contributed by atoms with Gasteiger partial charge in [0.05, 0.1) is 0 Å². The number of allylic oxidation sites excluding steroid dienone is 1. The summed E-state index contributed by atoms with van der Waals surface area (Å²) in [5.41, 5.74) is 2.06. The molecule has 2 fully saturated rings. The Labute approximate surface area is 152 Å². The molecule has 1 heterocycles. The monoisotopic (exact) mass is 348 g/mol. The van der Waals surface area contributed by atoms with E-state index in [9.17, 15) is 14.7 Å². The summed E-state index contributed by atoms with van der Waals surface area (Å²) < 4.78 is 5.24. The van der Waals surface area contributed by atoms with Crippen molar-refractivity contribution in [2.45, 2.75) is 31.3 Å². The van der Waals surface area contributed by atoms with Crippen LogP contribution in [0.3, 0.4) is 0 Å². The summed E-state index contributed by atoms with van der Waals surface area (Å²) in [6, 6.07) is 19.6. The van der Waals surface area contributed by atoms with Crippen molar-refractivity contribution in [3.05, 3.63) is 83.1 Å². The number of cyclic esters (lactones) is 1. The fourth-order valence-corrected chi connectivity index (χ4v) is 3.62. The number of benzene rings is 2. The highest BCUT2D eigenvalue weighted by Gasteiger charge is 2.48. The van der Waals surface area contributed by atoms with Gasteiger partial charge in [-0.25, -0.2) is 4.79 Å². The summed E-state index contributed by atoms with van der Waals surface area (Å²) in [7, 11) is 0. The molecule has 2 aromatic carbocycles. The Kier molecular flexibility index (Phi) is 4.33. The molecule has 0 aromatic heterocycles. The van der Waals surface area contributed by atoms with Crippen LogP contribution in [-0.4, -0.2) is 23.0 Å². The van der Waals surface area contributed by atoms with Crippen LogP contribution in [0, 0.1) is 5.92 Å². The molecule has 1 saturated carbocycles. The Morgan fingerprint density at radius 2 is 1.65 bits per heavy atom. The number of carbonyl (C=O) groups excluding carboxylic acids is 2. The second kappa shape index (κ2) is 6.79. The molecule has 26 heavy (non-hydrogen) atoms. The Morgan fingerprint density at radius 3 is 2.35 bits per heavy atom. The van der Waals surface area contributed by atoms with Crippen LogP contribution < -0.4 is 0 Å². The van der Waals surface area contributed by atoms with Crippen LogP contribution in [0.1, 0.15) is 29.9 Å². The third kappa shape index (κ3) is 3.15. The van der Waals surface area contributed by atoms with Crippen LogP contribution in [-0.2, 0) is 20.7 Å². The Morgan fingerprint density at radius 1 is 1.00 bits per heavy atom. The van der Waals surface area contributed by atoms with Gasteiger partial charge < -0.3 is 9.84 Å². The van der Waals surface area contributed by atoms with Crippen molar-refractivity contribution in [3.63, 3.8) is 0 Å². The Bertz CT molecular complexity index is 854. The summed E-state index contributed by atoms with van der Waals surface area (Å²) in [5, 5.41) is 10.5. The van der Waals surface area contributed by atoms with Crippen molar-refractivity contribution < 1.29 is 19.4 Å². The third-order valence-corrected chi connectivity index (χ3v) is 5.16. The first-order valence-electron chi connectivity index (χ1n) is 8.92. The molecule has 132 valence electrons. The van der Waals surface area contributed by atoms with Gasteiger partial charge >= 0.3 is 5.97 Å². The van der Waals surface area contributed by atoms with E-state index in [0.717, 1.165) is 17.5 Å². The molecule has 1 saturated heterocycles. The highest BCUT2D eigenvalue weighted by Crippen LogP contribution is 2.52. The molecule has 3 atom stereocenters. The zero-order valence-corrected chi connectivity index (χ0v) is 14.3. The first kappa shape index (κ1) is 16.6. The van der Waals surface area contributed by atoms with Crippen molar-refractivity contribution in [2.75, 3.05) is 0 Å². The molecule has 0 radical (unpaired) electrons. The quantitative estimate of drug-likeness (QED) is 0.387. The van der Waals surface area contributed by atoms with Gasteiger partial charge in [-0.15, -0.1) is 0 Å². The van der Waals surface area contributed by atoms with Crippen LogP contribution in [0.2, 0.25) is 0 Å². The normalized spacial score (nSPS) is 26.5. The number of rotatable bonds is 5. The van der Waals surface area contributed by atoms with Gasteiger partial charge in [0.15, 0.2) is 6.10 Å². The van der Waals surface area contributed by atoms with Crippen LogP contribution in [0.25, 0.3) is 0 Å². The predicted molar refractivity (Wildman–Crippen MR) is 96.6 cm³/mol. The van der Waals surface area contributed by atoms with Gasteiger partial charge in [-0.1, -0.05) is 60.7 Å². The standard InChI is InChI=1S/C22H20O4/c23-20(17-13-16(17)15-9-5-2-6-10-15)19-21(24)18(26-22(19)25)12-11-14-7-3-1-4-8-14/h1-10,16-18,23H,11-13H2/t16?,17-,18?/m1/s1. The topological polar surface area (TPSA) is 63.6 Å². The second-order valence-corrected chi connectivity index (χ2v) is 6.90. The third-order valence-electron chi connectivity index (χ3n) is 5.16. The maximum absolute atomic E-state index is 12.6. The lowest BCUT2D eigenvalue weighted by atomic mass is 10.00. The van der Waals surface area contributed by atoms with Gasteiger partial charge in [0.25, 0.3) is 0 Å². The van der Waals surface area contributed by atoms with Crippen molar-refractivity contribution in [2.24, 2.45) is 5.92 Å². The lowest BCUT2D eigenvalue weighted by Crippen LogP contribution is -2.17. The van der Waals surface area contributed by atoms with Gasteiger partial charge in [-0.3, -0.25) is 4.79 Å². The average Bonchev–Trinajstić information content (AvgIpc) is 3.42. The molecule has 1 aliphatic carbocycles. The summed E-state index contributed by atoms with van der Waals surface area (Å²) in [6.07, 6.45) is 1.02. The van der Waals surface area contributed by atoms with E-state index in [1.807, 2.05) is 60.7 Å². The molecule has 1 aliphatic heterocycles. The van der Waals surface area contributed by atoms with E-state index >= 15 is 0 Å². The van der Waals surface area contributed by atoms with E-state index in [0.29, 0.717) is 12.8 Å². The first-order chi connectivity index (χ1) is 12.6. The van der Waals surface area contributed by atoms with Crippen molar-refractivity contribution in [1.29, 1.82) is 0 Å². The summed E-state index contributed by atoms with van der Waals surface area (Å²) in [5.74, 6) is -1.19. The average molecular weight is 348 g/mol. The summed E-state index contributed by atoms with van der Waals surface area (Å²) in [4.78, 5) is 24.8. The molecule has 1 N–H and O–H groups in total. The molecule has 2 unspecified atom stereocenters. The largest absolute Gasteiger partial charge is 0.511 e. The number of aliphatic hydroxyl groups is 1. The van der Waals surface area contributed by atoms with E-state index in [1.54, 1.807) is 0 Å². The van der Waals surface area contributed by atoms with Gasteiger partial charge in [0.2, 0.25) is 5.78 Å². The zero-order valence-electron chi connectivity index (χ0n) is 14.3. The van der Waals surface area contributed by atoms with Gasteiger partial charge in [0.1, 0.15) is 11.3 Å². The number of aliphatic hydroxyl groups excluding tert-OH is 1. The number of esters is 1. The van der Waals surface area contributed by atoms with E-state index in [1.165, 1.54) is 0 Å². The van der Waals surface area contributed by atoms with Crippen LogP contribution in [0.5, 0.6) is 0 Å². The van der Waals surface area contributed by atoms with E-state index in [2.05, 4.69) is 0 Å². The van der Waals surface area contributed by atoms with E-state index in [4.69, 9.17) is 4.74 Å². The number of ketones is 1.